The molecule has 30 heavy (non-hydrogen) atoms. The summed E-state index contributed by atoms with van der Waals surface area (Å²) < 4.78 is 5.95. The van der Waals surface area contributed by atoms with Gasteiger partial charge in [0.1, 0.15) is 17.4 Å². The van der Waals surface area contributed by atoms with E-state index in [4.69, 9.17) is 33.0 Å². The molecule has 0 saturated heterocycles. The van der Waals surface area contributed by atoms with Crippen LogP contribution in [0.25, 0.3) is 5.57 Å². The Kier molecular flexibility index (Phi) is 5.65. The van der Waals surface area contributed by atoms with Crippen LogP contribution in [0.2, 0.25) is 10.0 Å². The zero-order valence-corrected chi connectivity index (χ0v) is 18.1. The number of rotatable bonds is 6. The van der Waals surface area contributed by atoms with Gasteiger partial charge in [0.25, 0.3) is 0 Å². The molecular weight excluding hydrogens is 423 g/mol. The molecule has 2 aliphatic rings. The van der Waals surface area contributed by atoms with Crippen molar-refractivity contribution in [1.82, 2.24) is 0 Å². The van der Waals surface area contributed by atoms with Crippen molar-refractivity contribution in [3.8, 4) is 5.75 Å². The third-order valence-electron chi connectivity index (χ3n) is 6.10. The van der Waals surface area contributed by atoms with Crippen molar-refractivity contribution in [3.63, 3.8) is 0 Å². The van der Waals surface area contributed by atoms with Gasteiger partial charge in [-0.25, -0.2) is 4.79 Å². The van der Waals surface area contributed by atoms with Crippen LogP contribution in [0, 0.1) is 5.41 Å². The Hall–Kier alpha value is -2.30. The number of carbonyl (C=O) groups excluding carboxylic acids is 1. The van der Waals surface area contributed by atoms with E-state index in [9.17, 15) is 9.59 Å². The Morgan fingerprint density at radius 1 is 1.20 bits per heavy atom. The molecule has 4 nitrogen and oxygen atoms in total. The molecule has 0 fully saturated rings. The lowest BCUT2D eigenvalue weighted by molar-refractivity contribution is -0.115. The molecule has 0 aromatic heterocycles. The molecule has 2 aromatic carbocycles. The van der Waals surface area contributed by atoms with Gasteiger partial charge in [0.2, 0.25) is 0 Å². The van der Waals surface area contributed by atoms with Gasteiger partial charge in [0.15, 0.2) is 5.78 Å². The van der Waals surface area contributed by atoms with E-state index in [0.717, 1.165) is 47.9 Å². The molecule has 0 radical (unpaired) electrons. The summed E-state index contributed by atoms with van der Waals surface area (Å²) in [6, 6.07) is 8.46. The molecule has 2 aromatic rings. The van der Waals surface area contributed by atoms with E-state index in [0.29, 0.717) is 22.2 Å². The molecule has 0 heterocycles. The molecular formula is C24H22Cl2O4. The molecule has 0 amide bonds. The summed E-state index contributed by atoms with van der Waals surface area (Å²) in [6.07, 6.45) is 6.02. The Morgan fingerprint density at radius 2 is 1.93 bits per heavy atom. The monoisotopic (exact) mass is 444 g/mol. The quantitative estimate of drug-likeness (QED) is 0.562. The average molecular weight is 445 g/mol. The first-order chi connectivity index (χ1) is 14.3. The number of carboxylic acid groups (broad SMARTS) is 1. The second kappa shape index (κ2) is 8.09. The standard InChI is InChI=1S/C24H22Cl2O4/c1-2-8-24-9-7-17(27)11-18(24)20-16(12-24)10-19(21(25)22(20)26)30-13-14-3-5-15(6-4-14)23(28)29/h3-6,10-11H,2,7-9,12-13H2,1H3,(H,28,29). The van der Waals surface area contributed by atoms with E-state index in [-0.39, 0.29) is 23.4 Å². The minimum absolute atomic E-state index is 0.0523. The summed E-state index contributed by atoms with van der Waals surface area (Å²) in [7, 11) is 0. The number of ether oxygens (including phenoxy) is 1. The predicted molar refractivity (Wildman–Crippen MR) is 117 cm³/mol. The second-order valence-electron chi connectivity index (χ2n) is 8.06. The fourth-order valence-electron chi connectivity index (χ4n) is 4.69. The van der Waals surface area contributed by atoms with Crippen LogP contribution in [-0.2, 0) is 17.8 Å². The minimum atomic E-state index is -0.967. The van der Waals surface area contributed by atoms with Crippen molar-refractivity contribution >= 4 is 40.5 Å². The molecule has 1 N–H and O–H groups in total. The third-order valence-corrected chi connectivity index (χ3v) is 6.95. The molecule has 0 aliphatic heterocycles. The zero-order chi connectivity index (χ0) is 21.5. The summed E-state index contributed by atoms with van der Waals surface area (Å²) in [6.45, 7) is 2.40. The van der Waals surface area contributed by atoms with Crippen molar-refractivity contribution in [2.45, 2.75) is 45.6 Å². The van der Waals surface area contributed by atoms with Crippen LogP contribution in [-0.4, -0.2) is 16.9 Å². The number of hydrogen-bond donors (Lipinski definition) is 1. The normalized spacial score (nSPS) is 19.8. The molecule has 4 rings (SSSR count). The number of carboxylic acids is 1. The van der Waals surface area contributed by atoms with E-state index in [1.54, 1.807) is 30.3 Å². The largest absolute Gasteiger partial charge is 0.487 e. The molecule has 0 bridgehead atoms. The fourth-order valence-corrected chi connectivity index (χ4v) is 5.21. The van der Waals surface area contributed by atoms with Crippen LogP contribution in [0.5, 0.6) is 5.75 Å². The second-order valence-corrected chi connectivity index (χ2v) is 8.81. The van der Waals surface area contributed by atoms with Crippen LogP contribution < -0.4 is 4.74 Å². The molecule has 0 saturated carbocycles. The highest BCUT2D eigenvalue weighted by Gasteiger charge is 2.45. The first kappa shape index (κ1) is 21.0. The first-order valence-corrected chi connectivity index (χ1v) is 10.8. The van der Waals surface area contributed by atoms with Gasteiger partial charge in [0, 0.05) is 17.4 Å². The molecule has 156 valence electrons. The van der Waals surface area contributed by atoms with Crippen LogP contribution in [0.4, 0.5) is 0 Å². The fraction of sp³-hybridized carbons (Fsp3) is 0.333. The van der Waals surface area contributed by atoms with Gasteiger partial charge in [-0.3, -0.25) is 4.79 Å². The number of aromatic carboxylic acids is 1. The average Bonchev–Trinajstić information content (AvgIpc) is 3.03. The summed E-state index contributed by atoms with van der Waals surface area (Å²) in [4.78, 5) is 23.1. The van der Waals surface area contributed by atoms with Crippen LogP contribution in [0.1, 0.15) is 59.7 Å². The van der Waals surface area contributed by atoms with Gasteiger partial charge in [-0.1, -0.05) is 48.7 Å². The summed E-state index contributed by atoms with van der Waals surface area (Å²) in [5.41, 5.74) is 3.99. The van der Waals surface area contributed by atoms with E-state index < -0.39 is 5.97 Å². The van der Waals surface area contributed by atoms with Gasteiger partial charge in [-0.2, -0.15) is 0 Å². The minimum Gasteiger partial charge on any atom is -0.487 e. The smallest absolute Gasteiger partial charge is 0.335 e. The molecule has 1 atom stereocenters. The highest BCUT2D eigenvalue weighted by molar-refractivity contribution is 6.44. The van der Waals surface area contributed by atoms with Gasteiger partial charge in [0.05, 0.1) is 10.6 Å². The van der Waals surface area contributed by atoms with Crippen molar-refractivity contribution in [2.24, 2.45) is 5.41 Å². The van der Waals surface area contributed by atoms with Crippen LogP contribution >= 0.6 is 23.2 Å². The van der Waals surface area contributed by atoms with E-state index >= 15 is 0 Å². The third kappa shape index (κ3) is 3.63. The van der Waals surface area contributed by atoms with Gasteiger partial charge in [-0.15, -0.1) is 0 Å². The van der Waals surface area contributed by atoms with Gasteiger partial charge < -0.3 is 9.84 Å². The SMILES string of the molecule is CCCC12CCC(=O)C=C1c1c(cc(OCc3ccc(C(=O)O)cc3)c(Cl)c1Cl)C2. The number of hydrogen-bond acceptors (Lipinski definition) is 3. The number of allylic oxidation sites excluding steroid dienone is 2. The van der Waals surface area contributed by atoms with Crippen molar-refractivity contribution in [3.05, 3.63) is 68.7 Å². The Labute approximate surface area is 185 Å². The van der Waals surface area contributed by atoms with Crippen molar-refractivity contribution in [1.29, 1.82) is 0 Å². The summed E-state index contributed by atoms with van der Waals surface area (Å²) >= 11 is 13.2. The Balaban J connectivity index is 1.64. The Morgan fingerprint density at radius 3 is 2.60 bits per heavy atom. The van der Waals surface area contributed by atoms with Crippen molar-refractivity contribution < 1.29 is 19.4 Å². The molecule has 2 aliphatic carbocycles. The number of halogens is 2. The number of fused-ring (bicyclic) bond motifs is 3. The van der Waals surface area contributed by atoms with E-state index in [1.165, 1.54) is 0 Å². The Bertz CT molecular complexity index is 1060. The lowest BCUT2D eigenvalue weighted by Gasteiger charge is -2.33. The highest BCUT2D eigenvalue weighted by Crippen LogP contribution is 2.58. The topological polar surface area (TPSA) is 63.6 Å². The van der Waals surface area contributed by atoms with Crippen LogP contribution in [0.15, 0.2) is 36.4 Å². The van der Waals surface area contributed by atoms with Crippen LogP contribution in [0.3, 0.4) is 0 Å². The maximum atomic E-state index is 12.1. The number of ketones is 1. The molecule has 0 spiro atoms. The number of carbonyl (C=O) groups is 2. The van der Waals surface area contributed by atoms with Gasteiger partial charge >= 0.3 is 5.97 Å². The maximum Gasteiger partial charge on any atom is 0.335 e. The maximum absolute atomic E-state index is 12.1. The lowest BCUT2D eigenvalue weighted by Crippen LogP contribution is -2.25. The molecule has 1 unspecified atom stereocenters. The summed E-state index contributed by atoms with van der Waals surface area (Å²) in [5.74, 6) is -0.326. The van der Waals surface area contributed by atoms with Gasteiger partial charge in [-0.05, 0) is 60.2 Å². The molecule has 6 heteroatoms. The number of benzene rings is 2. The lowest BCUT2D eigenvalue weighted by atomic mass is 9.70. The van der Waals surface area contributed by atoms with E-state index in [2.05, 4.69) is 6.92 Å². The summed E-state index contributed by atoms with van der Waals surface area (Å²) in [5, 5.41) is 9.79. The van der Waals surface area contributed by atoms with E-state index in [1.807, 2.05) is 6.07 Å². The highest BCUT2D eigenvalue weighted by atomic mass is 35.5. The predicted octanol–water partition coefficient (Wildman–Crippen LogP) is 6.36. The zero-order valence-electron chi connectivity index (χ0n) is 16.6. The first-order valence-electron chi connectivity index (χ1n) is 10.1. The van der Waals surface area contributed by atoms with Crippen molar-refractivity contribution in [2.75, 3.05) is 0 Å².